The minimum Gasteiger partial charge on any atom is -0.481 e. The van der Waals surface area contributed by atoms with E-state index in [1.54, 1.807) is 0 Å². The molecule has 5 heteroatoms. The van der Waals surface area contributed by atoms with E-state index in [4.69, 9.17) is 5.11 Å². The number of nitrogens with one attached hydrogen (secondary N) is 2. The lowest BCUT2D eigenvalue weighted by Gasteiger charge is -2.26. The van der Waals surface area contributed by atoms with Crippen molar-refractivity contribution in [2.45, 2.75) is 45.6 Å². The Hall–Kier alpha value is -1.26. The van der Waals surface area contributed by atoms with Gasteiger partial charge in [0.15, 0.2) is 0 Å². The molecule has 17 heavy (non-hydrogen) atoms. The number of aliphatic carboxylic acids is 1. The van der Waals surface area contributed by atoms with Crippen LogP contribution >= 0.6 is 0 Å². The van der Waals surface area contributed by atoms with Crippen molar-refractivity contribution in [2.24, 2.45) is 11.8 Å². The summed E-state index contributed by atoms with van der Waals surface area (Å²) in [5.74, 6) is -0.451. The lowest BCUT2D eigenvalue weighted by Crippen LogP contribution is -2.42. The van der Waals surface area contributed by atoms with Gasteiger partial charge in [0.25, 0.3) is 0 Å². The van der Waals surface area contributed by atoms with Crippen LogP contribution in [0.1, 0.15) is 39.5 Å². The Balaban J connectivity index is 2.18. The standard InChI is InChI=1S/C12H22N2O3/c1-8(2)14-12(17)13-7-9-3-5-10(6-4-9)11(15)16/h8-10H,3-7H2,1-2H3,(H,15,16)(H2,13,14,17). The third-order valence-corrected chi connectivity index (χ3v) is 3.17. The van der Waals surface area contributed by atoms with Crippen molar-refractivity contribution < 1.29 is 14.7 Å². The fourth-order valence-electron chi connectivity index (χ4n) is 2.16. The van der Waals surface area contributed by atoms with Crippen molar-refractivity contribution >= 4 is 12.0 Å². The summed E-state index contributed by atoms with van der Waals surface area (Å²) in [6.07, 6.45) is 3.23. The number of carbonyl (C=O) groups is 2. The lowest BCUT2D eigenvalue weighted by atomic mass is 9.82. The summed E-state index contributed by atoms with van der Waals surface area (Å²) >= 11 is 0. The van der Waals surface area contributed by atoms with Gasteiger partial charge in [0, 0.05) is 12.6 Å². The first-order valence-electron chi connectivity index (χ1n) is 6.26. The number of hydrogen-bond donors (Lipinski definition) is 3. The normalized spacial score (nSPS) is 24.4. The molecule has 0 atom stereocenters. The fraction of sp³-hybridized carbons (Fsp3) is 0.833. The summed E-state index contributed by atoms with van der Waals surface area (Å²) in [5, 5.41) is 14.5. The van der Waals surface area contributed by atoms with E-state index in [1.165, 1.54) is 0 Å². The highest BCUT2D eigenvalue weighted by atomic mass is 16.4. The van der Waals surface area contributed by atoms with E-state index in [0.29, 0.717) is 12.5 Å². The van der Waals surface area contributed by atoms with Crippen LogP contribution in [0.5, 0.6) is 0 Å². The van der Waals surface area contributed by atoms with Gasteiger partial charge in [-0.25, -0.2) is 4.79 Å². The Morgan fingerprint density at radius 1 is 1.24 bits per heavy atom. The molecule has 1 saturated carbocycles. The van der Waals surface area contributed by atoms with Gasteiger partial charge < -0.3 is 15.7 Å². The molecular weight excluding hydrogens is 220 g/mol. The summed E-state index contributed by atoms with van der Waals surface area (Å²) in [7, 11) is 0. The van der Waals surface area contributed by atoms with Crippen LogP contribution in [0, 0.1) is 11.8 Å². The van der Waals surface area contributed by atoms with Gasteiger partial charge in [-0.2, -0.15) is 0 Å². The molecule has 0 spiro atoms. The van der Waals surface area contributed by atoms with Gasteiger partial charge in [0.2, 0.25) is 0 Å². The Kier molecular flexibility index (Phi) is 5.25. The minimum absolute atomic E-state index is 0.137. The van der Waals surface area contributed by atoms with Crippen LogP contribution in [-0.4, -0.2) is 29.7 Å². The summed E-state index contributed by atoms with van der Waals surface area (Å²) in [6.45, 7) is 4.47. The molecule has 0 aliphatic heterocycles. The van der Waals surface area contributed by atoms with Crippen LogP contribution in [0.25, 0.3) is 0 Å². The molecule has 0 aromatic rings. The molecule has 1 rings (SSSR count). The smallest absolute Gasteiger partial charge is 0.314 e. The lowest BCUT2D eigenvalue weighted by molar-refractivity contribution is -0.143. The zero-order valence-corrected chi connectivity index (χ0v) is 10.5. The van der Waals surface area contributed by atoms with Crippen molar-refractivity contribution in [1.29, 1.82) is 0 Å². The number of carbonyl (C=O) groups excluding carboxylic acids is 1. The van der Waals surface area contributed by atoms with Crippen molar-refractivity contribution in [2.75, 3.05) is 6.54 Å². The Bertz CT molecular complexity index is 271. The largest absolute Gasteiger partial charge is 0.481 e. The van der Waals surface area contributed by atoms with Crippen molar-refractivity contribution in [1.82, 2.24) is 10.6 Å². The number of carboxylic acids is 1. The Morgan fingerprint density at radius 2 is 1.82 bits per heavy atom. The topological polar surface area (TPSA) is 78.4 Å². The third-order valence-electron chi connectivity index (χ3n) is 3.17. The molecule has 0 unspecified atom stereocenters. The molecule has 3 N–H and O–H groups in total. The van der Waals surface area contributed by atoms with Crippen LogP contribution in [0.3, 0.4) is 0 Å². The SMILES string of the molecule is CC(C)NC(=O)NCC1CCC(C(=O)O)CC1. The van der Waals surface area contributed by atoms with Gasteiger partial charge in [-0.05, 0) is 45.4 Å². The van der Waals surface area contributed by atoms with E-state index in [9.17, 15) is 9.59 Å². The summed E-state index contributed by atoms with van der Waals surface area (Å²) < 4.78 is 0. The van der Waals surface area contributed by atoms with Crippen LogP contribution < -0.4 is 10.6 Å². The molecule has 0 saturated heterocycles. The molecule has 1 fully saturated rings. The van der Waals surface area contributed by atoms with Gasteiger partial charge in [-0.1, -0.05) is 0 Å². The minimum atomic E-state index is -0.686. The number of rotatable bonds is 4. The predicted molar refractivity (Wildman–Crippen MR) is 64.8 cm³/mol. The molecule has 2 amide bonds. The van der Waals surface area contributed by atoms with E-state index in [1.807, 2.05) is 13.8 Å². The van der Waals surface area contributed by atoms with Gasteiger partial charge in [0.05, 0.1) is 5.92 Å². The zero-order chi connectivity index (χ0) is 12.8. The van der Waals surface area contributed by atoms with Crippen LogP contribution in [0.4, 0.5) is 4.79 Å². The zero-order valence-electron chi connectivity index (χ0n) is 10.5. The Morgan fingerprint density at radius 3 is 2.29 bits per heavy atom. The highest BCUT2D eigenvalue weighted by molar-refractivity contribution is 5.74. The monoisotopic (exact) mass is 242 g/mol. The fourth-order valence-corrected chi connectivity index (χ4v) is 2.16. The van der Waals surface area contributed by atoms with E-state index < -0.39 is 5.97 Å². The first-order chi connectivity index (χ1) is 7.99. The molecule has 0 bridgehead atoms. The number of carboxylic acid groups (broad SMARTS) is 1. The van der Waals surface area contributed by atoms with Crippen molar-refractivity contribution in [3.8, 4) is 0 Å². The predicted octanol–water partition coefficient (Wildman–Crippen LogP) is 1.58. The molecule has 1 aliphatic carbocycles. The van der Waals surface area contributed by atoms with Gasteiger partial charge in [0.1, 0.15) is 0 Å². The third kappa shape index (κ3) is 5.06. The number of urea groups is 1. The maximum absolute atomic E-state index is 11.4. The first-order valence-corrected chi connectivity index (χ1v) is 6.26. The van der Waals surface area contributed by atoms with E-state index >= 15 is 0 Å². The van der Waals surface area contributed by atoms with Gasteiger partial charge in [-0.15, -0.1) is 0 Å². The van der Waals surface area contributed by atoms with Crippen molar-refractivity contribution in [3.63, 3.8) is 0 Å². The molecule has 0 heterocycles. The second kappa shape index (κ2) is 6.47. The number of hydrogen-bond acceptors (Lipinski definition) is 2. The molecule has 98 valence electrons. The van der Waals surface area contributed by atoms with Crippen LogP contribution in [-0.2, 0) is 4.79 Å². The number of amides is 2. The maximum Gasteiger partial charge on any atom is 0.314 e. The van der Waals surface area contributed by atoms with Gasteiger partial charge >= 0.3 is 12.0 Å². The second-order valence-electron chi connectivity index (χ2n) is 5.06. The highest BCUT2D eigenvalue weighted by Crippen LogP contribution is 2.28. The summed E-state index contributed by atoms with van der Waals surface area (Å²) in [4.78, 5) is 22.1. The van der Waals surface area contributed by atoms with Crippen molar-refractivity contribution in [3.05, 3.63) is 0 Å². The molecule has 0 aromatic heterocycles. The molecule has 0 radical (unpaired) electrons. The highest BCUT2D eigenvalue weighted by Gasteiger charge is 2.25. The average molecular weight is 242 g/mol. The molecular formula is C12H22N2O3. The van der Waals surface area contributed by atoms with E-state index in [2.05, 4.69) is 10.6 Å². The van der Waals surface area contributed by atoms with E-state index in [0.717, 1.165) is 25.7 Å². The summed E-state index contributed by atoms with van der Waals surface area (Å²) in [6, 6.07) is -0.00175. The molecule has 5 nitrogen and oxygen atoms in total. The quantitative estimate of drug-likeness (QED) is 0.700. The first kappa shape index (κ1) is 13.8. The molecule has 1 aliphatic rings. The summed E-state index contributed by atoms with van der Waals surface area (Å²) in [5.41, 5.74) is 0. The Labute approximate surface area is 102 Å². The van der Waals surface area contributed by atoms with Gasteiger partial charge in [-0.3, -0.25) is 4.79 Å². The average Bonchev–Trinajstić information content (AvgIpc) is 2.26. The van der Waals surface area contributed by atoms with E-state index in [-0.39, 0.29) is 18.0 Å². The molecule has 0 aromatic carbocycles. The van der Waals surface area contributed by atoms with Crippen LogP contribution in [0.2, 0.25) is 0 Å². The second-order valence-corrected chi connectivity index (χ2v) is 5.06. The maximum atomic E-state index is 11.4. The van der Waals surface area contributed by atoms with Crippen LogP contribution in [0.15, 0.2) is 0 Å².